The highest BCUT2D eigenvalue weighted by Gasteiger charge is 2.32. The van der Waals surface area contributed by atoms with Crippen LogP contribution in [0.5, 0.6) is 0 Å². The largest absolute Gasteiger partial charge is 0.329 e. The summed E-state index contributed by atoms with van der Waals surface area (Å²) in [5.74, 6) is -0.0489. The lowest BCUT2D eigenvalue weighted by Gasteiger charge is -2.11. The van der Waals surface area contributed by atoms with Crippen molar-refractivity contribution < 1.29 is 9.72 Å². The maximum atomic E-state index is 10.9. The zero-order chi connectivity index (χ0) is 9.42. The molecule has 1 atom stereocenters. The Hall–Kier alpha value is -1.65. The third-order valence-electron chi connectivity index (χ3n) is 2.30. The Morgan fingerprint density at radius 3 is 2.92 bits per heavy atom. The van der Waals surface area contributed by atoms with E-state index in [1.807, 2.05) is 0 Å². The van der Waals surface area contributed by atoms with Gasteiger partial charge in [-0.05, 0) is 6.08 Å². The number of amides is 1. The van der Waals surface area contributed by atoms with Gasteiger partial charge in [-0.2, -0.15) is 0 Å². The Morgan fingerprint density at radius 1 is 1.46 bits per heavy atom. The van der Waals surface area contributed by atoms with Gasteiger partial charge in [-0.15, -0.1) is 0 Å². The van der Waals surface area contributed by atoms with Crippen molar-refractivity contribution in [1.82, 2.24) is 5.32 Å². The fourth-order valence-corrected chi connectivity index (χ4v) is 1.65. The van der Waals surface area contributed by atoms with Gasteiger partial charge in [0, 0.05) is 30.5 Å². The van der Waals surface area contributed by atoms with Crippen molar-refractivity contribution >= 4 is 5.91 Å². The van der Waals surface area contributed by atoms with E-state index in [4.69, 9.17) is 0 Å². The average molecular weight is 180 g/mol. The lowest BCUT2D eigenvalue weighted by molar-refractivity contribution is -0.428. The van der Waals surface area contributed by atoms with Gasteiger partial charge in [-0.3, -0.25) is 14.9 Å². The van der Waals surface area contributed by atoms with Gasteiger partial charge >= 0.3 is 0 Å². The first-order valence-corrected chi connectivity index (χ1v) is 4.02. The number of fused-ring (bicyclic) bond motifs is 1. The Labute approximate surface area is 74.3 Å². The Bertz CT molecular complexity index is 343. The Kier molecular flexibility index (Phi) is 1.65. The van der Waals surface area contributed by atoms with Crippen LogP contribution in [0.25, 0.3) is 0 Å². The molecule has 0 bridgehead atoms. The molecule has 1 saturated heterocycles. The summed E-state index contributed by atoms with van der Waals surface area (Å²) in [4.78, 5) is 21.0. The fourth-order valence-electron chi connectivity index (χ4n) is 1.65. The Balaban J connectivity index is 2.22. The minimum Gasteiger partial charge on any atom is -0.329 e. The van der Waals surface area contributed by atoms with Crippen LogP contribution in [-0.4, -0.2) is 10.8 Å². The zero-order valence-electron chi connectivity index (χ0n) is 6.82. The summed E-state index contributed by atoms with van der Waals surface area (Å²) in [5, 5.41) is 13.1. The SMILES string of the molecule is O=C1CC2CC([N+](=O)[O-])=CC=C2N1. The number of hydrogen-bond acceptors (Lipinski definition) is 3. The summed E-state index contributed by atoms with van der Waals surface area (Å²) >= 11 is 0. The standard InChI is InChI=1S/C8H8N2O3/c11-8-4-5-3-6(10(12)13)1-2-7(5)9-8/h1-2,5H,3-4H2,(H,9,11). The highest BCUT2D eigenvalue weighted by atomic mass is 16.6. The van der Waals surface area contributed by atoms with E-state index >= 15 is 0 Å². The second-order valence-electron chi connectivity index (χ2n) is 3.19. The molecule has 0 spiro atoms. The number of nitrogens with one attached hydrogen (secondary N) is 1. The van der Waals surface area contributed by atoms with Gasteiger partial charge in [0.25, 0.3) is 0 Å². The van der Waals surface area contributed by atoms with Gasteiger partial charge in [0.1, 0.15) is 0 Å². The zero-order valence-corrected chi connectivity index (χ0v) is 6.82. The van der Waals surface area contributed by atoms with Crippen LogP contribution in [0.2, 0.25) is 0 Å². The molecular weight excluding hydrogens is 172 g/mol. The molecule has 1 unspecified atom stereocenters. The van der Waals surface area contributed by atoms with Crippen molar-refractivity contribution in [3.8, 4) is 0 Å². The van der Waals surface area contributed by atoms with Crippen LogP contribution in [0.1, 0.15) is 12.8 Å². The molecule has 2 rings (SSSR count). The van der Waals surface area contributed by atoms with E-state index < -0.39 is 4.92 Å². The van der Waals surface area contributed by atoms with Gasteiger partial charge in [-0.1, -0.05) is 0 Å². The molecule has 1 fully saturated rings. The summed E-state index contributed by atoms with van der Waals surface area (Å²) in [6.45, 7) is 0. The van der Waals surface area contributed by atoms with E-state index in [9.17, 15) is 14.9 Å². The number of carbonyl (C=O) groups is 1. The van der Waals surface area contributed by atoms with Crippen molar-refractivity contribution in [2.75, 3.05) is 0 Å². The number of hydrogen-bond donors (Lipinski definition) is 1. The number of nitro groups is 1. The van der Waals surface area contributed by atoms with E-state index in [0.717, 1.165) is 5.70 Å². The second-order valence-corrected chi connectivity index (χ2v) is 3.19. The molecule has 5 nitrogen and oxygen atoms in total. The van der Waals surface area contributed by atoms with Gasteiger partial charge in [0.2, 0.25) is 11.6 Å². The quantitative estimate of drug-likeness (QED) is 0.473. The Morgan fingerprint density at radius 2 is 2.23 bits per heavy atom. The monoisotopic (exact) mass is 180 g/mol. The van der Waals surface area contributed by atoms with Gasteiger partial charge in [0.05, 0.1) is 4.92 Å². The van der Waals surface area contributed by atoms with Crippen LogP contribution in [0.15, 0.2) is 23.5 Å². The minimum atomic E-state index is -0.393. The molecule has 5 heteroatoms. The van der Waals surface area contributed by atoms with Crippen LogP contribution < -0.4 is 5.32 Å². The van der Waals surface area contributed by atoms with E-state index in [2.05, 4.69) is 5.32 Å². The van der Waals surface area contributed by atoms with Gasteiger partial charge in [-0.25, -0.2) is 0 Å². The maximum absolute atomic E-state index is 10.9. The van der Waals surface area contributed by atoms with Crippen LogP contribution in [-0.2, 0) is 4.79 Å². The smallest absolute Gasteiger partial charge is 0.246 e. The van der Waals surface area contributed by atoms with Crippen molar-refractivity contribution in [2.45, 2.75) is 12.8 Å². The molecule has 68 valence electrons. The van der Waals surface area contributed by atoms with Crippen molar-refractivity contribution in [3.63, 3.8) is 0 Å². The lowest BCUT2D eigenvalue weighted by atomic mass is 9.95. The van der Waals surface area contributed by atoms with E-state index in [1.54, 1.807) is 6.08 Å². The normalized spacial score (nSPS) is 25.8. The molecule has 2 aliphatic rings. The molecule has 1 aliphatic heterocycles. The fraction of sp³-hybridized carbons (Fsp3) is 0.375. The van der Waals surface area contributed by atoms with E-state index in [0.29, 0.717) is 12.8 Å². The topological polar surface area (TPSA) is 72.2 Å². The first kappa shape index (κ1) is 7.97. The highest BCUT2D eigenvalue weighted by Crippen LogP contribution is 2.30. The number of allylic oxidation sites excluding steroid dienone is 4. The second kappa shape index (κ2) is 2.69. The summed E-state index contributed by atoms with van der Waals surface area (Å²) in [6, 6.07) is 0. The molecular formula is C8H8N2O3. The van der Waals surface area contributed by atoms with Crippen LogP contribution in [0, 0.1) is 16.0 Å². The van der Waals surface area contributed by atoms with Gasteiger partial charge < -0.3 is 5.32 Å². The van der Waals surface area contributed by atoms with Crippen LogP contribution in [0.4, 0.5) is 0 Å². The first-order valence-electron chi connectivity index (χ1n) is 4.02. The summed E-state index contributed by atoms with van der Waals surface area (Å²) in [6.07, 6.45) is 3.81. The average Bonchev–Trinajstić information content (AvgIpc) is 2.42. The third-order valence-corrected chi connectivity index (χ3v) is 2.30. The van der Waals surface area contributed by atoms with Crippen molar-refractivity contribution in [1.29, 1.82) is 0 Å². The molecule has 13 heavy (non-hydrogen) atoms. The lowest BCUT2D eigenvalue weighted by Crippen LogP contribution is -2.15. The first-order chi connectivity index (χ1) is 6.16. The molecule has 1 aliphatic carbocycles. The maximum Gasteiger partial charge on any atom is 0.246 e. The van der Waals surface area contributed by atoms with Crippen LogP contribution in [0.3, 0.4) is 0 Å². The minimum absolute atomic E-state index is 0.00194. The predicted octanol–water partition coefficient (Wildman–Crippen LogP) is 0.571. The molecule has 1 amide bonds. The molecule has 1 heterocycles. The van der Waals surface area contributed by atoms with Crippen molar-refractivity contribution in [3.05, 3.63) is 33.7 Å². The molecule has 0 aromatic rings. The molecule has 0 radical (unpaired) electrons. The highest BCUT2D eigenvalue weighted by molar-refractivity contribution is 5.82. The molecule has 0 saturated carbocycles. The summed E-state index contributed by atoms with van der Waals surface area (Å²) < 4.78 is 0. The van der Waals surface area contributed by atoms with Crippen LogP contribution >= 0.6 is 0 Å². The number of rotatable bonds is 1. The van der Waals surface area contributed by atoms with E-state index in [1.165, 1.54) is 6.08 Å². The molecule has 0 aromatic carbocycles. The number of nitrogens with zero attached hydrogens (tertiary/aromatic N) is 1. The third kappa shape index (κ3) is 1.32. The summed E-state index contributed by atoms with van der Waals surface area (Å²) in [5.41, 5.74) is 1.00. The van der Waals surface area contributed by atoms with Crippen molar-refractivity contribution in [2.24, 2.45) is 5.92 Å². The molecule has 1 N–H and O–H groups in total. The number of carbonyl (C=O) groups excluding carboxylic acids is 1. The predicted molar refractivity (Wildman–Crippen MR) is 44.0 cm³/mol. The van der Waals surface area contributed by atoms with Gasteiger partial charge in [0.15, 0.2) is 0 Å². The molecule has 0 aromatic heterocycles. The van der Waals surface area contributed by atoms with E-state index in [-0.39, 0.29) is 17.5 Å². The summed E-state index contributed by atoms with van der Waals surface area (Å²) in [7, 11) is 0.